The smallest absolute Gasteiger partial charge is 0.108 e. The third kappa shape index (κ3) is 3.06. The molecule has 0 aromatic carbocycles. The highest BCUT2D eigenvalue weighted by molar-refractivity contribution is 8.00. The lowest BCUT2D eigenvalue weighted by molar-refractivity contribution is 0.386. The zero-order valence-electron chi connectivity index (χ0n) is 11.2. The van der Waals surface area contributed by atoms with Gasteiger partial charge in [0.15, 0.2) is 0 Å². The van der Waals surface area contributed by atoms with Gasteiger partial charge in [-0.25, -0.2) is 0 Å². The van der Waals surface area contributed by atoms with Gasteiger partial charge in [-0.15, -0.1) is 11.8 Å². The van der Waals surface area contributed by atoms with Gasteiger partial charge in [0.25, 0.3) is 0 Å². The second-order valence-corrected chi connectivity index (χ2v) is 6.70. The zero-order chi connectivity index (χ0) is 13.2. The Kier molecular flexibility index (Phi) is 3.98. The van der Waals surface area contributed by atoms with Crippen LogP contribution in [0.3, 0.4) is 0 Å². The maximum absolute atomic E-state index is 9.42. The molecule has 0 radical (unpaired) electrons. The van der Waals surface area contributed by atoms with Crippen LogP contribution in [0, 0.1) is 11.3 Å². The van der Waals surface area contributed by atoms with Crippen molar-refractivity contribution in [3.8, 4) is 6.07 Å². The Morgan fingerprint density at radius 1 is 1.67 bits per heavy atom. The first-order valence-electron chi connectivity index (χ1n) is 6.37. The summed E-state index contributed by atoms with van der Waals surface area (Å²) in [6, 6.07) is 2.84. The average Bonchev–Trinajstić information content (AvgIpc) is 2.87. The molecule has 1 saturated carbocycles. The maximum Gasteiger partial charge on any atom is 0.108 e. The van der Waals surface area contributed by atoms with E-state index < -0.39 is 0 Å². The van der Waals surface area contributed by atoms with Crippen LogP contribution in [0.4, 0.5) is 0 Å². The number of nitrogens with one attached hydrogen (secondary N) is 1. The van der Waals surface area contributed by atoms with Gasteiger partial charge in [0, 0.05) is 29.4 Å². The molecule has 0 amide bonds. The number of aromatic nitrogens is 2. The van der Waals surface area contributed by atoms with Gasteiger partial charge >= 0.3 is 0 Å². The molecule has 2 unspecified atom stereocenters. The van der Waals surface area contributed by atoms with Gasteiger partial charge in [0.2, 0.25) is 0 Å². The Morgan fingerprint density at radius 2 is 2.44 bits per heavy atom. The lowest BCUT2D eigenvalue weighted by atomic mass is 9.99. The van der Waals surface area contributed by atoms with E-state index in [2.05, 4.69) is 30.3 Å². The SMILES string of the molecule is CC(C)NC1(C#N)CCC(Sc2cnn(C)c2)C1. The van der Waals surface area contributed by atoms with Crippen LogP contribution in [-0.2, 0) is 7.05 Å². The predicted molar refractivity (Wildman–Crippen MR) is 73.3 cm³/mol. The van der Waals surface area contributed by atoms with Crippen LogP contribution in [0.5, 0.6) is 0 Å². The van der Waals surface area contributed by atoms with Gasteiger partial charge in [0.1, 0.15) is 5.54 Å². The minimum atomic E-state index is -0.325. The van der Waals surface area contributed by atoms with Crippen molar-refractivity contribution in [1.82, 2.24) is 15.1 Å². The summed E-state index contributed by atoms with van der Waals surface area (Å²) in [5.41, 5.74) is -0.325. The summed E-state index contributed by atoms with van der Waals surface area (Å²) in [5.74, 6) is 0. The van der Waals surface area contributed by atoms with Crippen molar-refractivity contribution in [2.45, 2.75) is 54.8 Å². The maximum atomic E-state index is 9.42. The fourth-order valence-electron chi connectivity index (χ4n) is 2.57. The molecule has 0 aliphatic heterocycles. The molecule has 2 rings (SSSR count). The van der Waals surface area contributed by atoms with Crippen molar-refractivity contribution in [1.29, 1.82) is 5.26 Å². The van der Waals surface area contributed by atoms with Crippen LogP contribution in [0.2, 0.25) is 0 Å². The molecule has 0 bridgehead atoms. The van der Waals surface area contributed by atoms with Gasteiger partial charge in [-0.05, 0) is 33.1 Å². The molecule has 2 atom stereocenters. The highest BCUT2D eigenvalue weighted by atomic mass is 32.2. The summed E-state index contributed by atoms with van der Waals surface area (Å²) in [7, 11) is 1.93. The van der Waals surface area contributed by atoms with E-state index in [0.29, 0.717) is 11.3 Å². The van der Waals surface area contributed by atoms with Crippen LogP contribution < -0.4 is 5.32 Å². The number of nitrogens with zero attached hydrogens (tertiary/aromatic N) is 3. The molecule has 0 spiro atoms. The fourth-order valence-corrected chi connectivity index (χ4v) is 3.88. The molecule has 1 fully saturated rings. The number of hydrogen-bond donors (Lipinski definition) is 1. The molecule has 1 aliphatic carbocycles. The molecule has 5 heteroatoms. The average molecular weight is 264 g/mol. The summed E-state index contributed by atoms with van der Waals surface area (Å²) in [6.45, 7) is 4.20. The Morgan fingerprint density at radius 3 is 3.00 bits per heavy atom. The van der Waals surface area contributed by atoms with Crippen LogP contribution >= 0.6 is 11.8 Å². The molecule has 4 nitrogen and oxygen atoms in total. The van der Waals surface area contributed by atoms with Gasteiger partial charge in [0.05, 0.1) is 12.3 Å². The molecule has 1 N–H and O–H groups in total. The van der Waals surface area contributed by atoms with Crippen LogP contribution in [0.25, 0.3) is 0 Å². The van der Waals surface area contributed by atoms with E-state index in [4.69, 9.17) is 0 Å². The number of aryl methyl sites for hydroxylation is 1. The largest absolute Gasteiger partial charge is 0.297 e. The highest BCUT2D eigenvalue weighted by Gasteiger charge is 2.40. The topological polar surface area (TPSA) is 53.6 Å². The van der Waals surface area contributed by atoms with E-state index in [9.17, 15) is 5.26 Å². The Hall–Kier alpha value is -0.990. The number of hydrogen-bond acceptors (Lipinski definition) is 4. The molecule has 98 valence electrons. The van der Waals surface area contributed by atoms with E-state index in [-0.39, 0.29) is 5.54 Å². The minimum Gasteiger partial charge on any atom is -0.297 e. The zero-order valence-corrected chi connectivity index (χ0v) is 12.0. The van der Waals surface area contributed by atoms with Crippen molar-refractivity contribution in [2.24, 2.45) is 7.05 Å². The van der Waals surface area contributed by atoms with E-state index >= 15 is 0 Å². The lowest BCUT2D eigenvalue weighted by Gasteiger charge is -2.25. The number of nitriles is 1. The first-order valence-corrected chi connectivity index (χ1v) is 7.25. The first-order chi connectivity index (χ1) is 8.53. The van der Waals surface area contributed by atoms with Crippen LogP contribution in [-0.4, -0.2) is 26.6 Å². The van der Waals surface area contributed by atoms with Crippen molar-refractivity contribution < 1.29 is 0 Å². The fraction of sp³-hybridized carbons (Fsp3) is 0.692. The molecule has 1 aromatic heterocycles. The summed E-state index contributed by atoms with van der Waals surface area (Å²) in [6.07, 6.45) is 6.88. The van der Waals surface area contributed by atoms with Gasteiger partial charge < -0.3 is 0 Å². The lowest BCUT2D eigenvalue weighted by Crippen LogP contribution is -2.45. The van der Waals surface area contributed by atoms with E-state index in [1.54, 1.807) is 0 Å². The van der Waals surface area contributed by atoms with E-state index in [1.807, 2.05) is 35.9 Å². The molecule has 1 aromatic rings. The highest BCUT2D eigenvalue weighted by Crippen LogP contribution is 2.40. The Bertz CT molecular complexity index is 448. The molecular weight excluding hydrogens is 244 g/mol. The van der Waals surface area contributed by atoms with Gasteiger partial charge in [-0.2, -0.15) is 10.4 Å². The van der Waals surface area contributed by atoms with Crippen molar-refractivity contribution in [3.05, 3.63) is 12.4 Å². The van der Waals surface area contributed by atoms with E-state index in [1.165, 1.54) is 4.90 Å². The van der Waals surface area contributed by atoms with Crippen molar-refractivity contribution in [3.63, 3.8) is 0 Å². The summed E-state index contributed by atoms with van der Waals surface area (Å²) < 4.78 is 1.82. The third-order valence-corrected chi connectivity index (χ3v) is 4.45. The second kappa shape index (κ2) is 5.33. The van der Waals surface area contributed by atoms with Gasteiger partial charge in [-0.1, -0.05) is 0 Å². The quantitative estimate of drug-likeness (QED) is 0.907. The van der Waals surface area contributed by atoms with Crippen molar-refractivity contribution >= 4 is 11.8 Å². The van der Waals surface area contributed by atoms with E-state index in [0.717, 1.165) is 19.3 Å². The predicted octanol–water partition coefficient (Wildman–Crippen LogP) is 2.33. The first kappa shape index (κ1) is 13.4. The molecule has 1 heterocycles. The molecule has 0 saturated heterocycles. The number of thioether (sulfide) groups is 1. The molecular formula is C13H20N4S. The molecule has 1 aliphatic rings. The molecule has 18 heavy (non-hydrogen) atoms. The third-order valence-electron chi connectivity index (χ3n) is 3.23. The summed E-state index contributed by atoms with van der Waals surface area (Å²) in [5, 5.41) is 17.5. The second-order valence-electron chi connectivity index (χ2n) is 5.33. The monoisotopic (exact) mass is 264 g/mol. The van der Waals surface area contributed by atoms with Gasteiger partial charge in [-0.3, -0.25) is 10.00 Å². The Labute approximate surface area is 113 Å². The van der Waals surface area contributed by atoms with Crippen LogP contribution in [0.15, 0.2) is 17.3 Å². The summed E-state index contributed by atoms with van der Waals surface area (Å²) in [4.78, 5) is 1.20. The van der Waals surface area contributed by atoms with Crippen LogP contribution in [0.1, 0.15) is 33.1 Å². The Balaban J connectivity index is 1.97. The van der Waals surface area contributed by atoms with Crippen molar-refractivity contribution in [2.75, 3.05) is 0 Å². The standard InChI is InChI=1S/C13H20N4S/c1-10(2)16-13(9-14)5-4-11(6-13)18-12-7-15-17(3)8-12/h7-8,10-11,16H,4-6H2,1-3H3. The normalized spacial score (nSPS) is 27.6. The number of rotatable bonds is 4. The minimum absolute atomic E-state index is 0.325. The summed E-state index contributed by atoms with van der Waals surface area (Å²) >= 11 is 1.84.